The molecule has 1 aromatic rings. The average Bonchev–Trinajstić information content (AvgIpc) is 2.34. The summed E-state index contributed by atoms with van der Waals surface area (Å²) in [5.41, 5.74) is 3.01. The first-order valence-electron chi connectivity index (χ1n) is 7.44. The van der Waals surface area contributed by atoms with Crippen LogP contribution in [0.5, 0.6) is 0 Å². The van der Waals surface area contributed by atoms with Crippen molar-refractivity contribution >= 4 is 0 Å². The standard InChI is InChI=1S/C17H27N/c1-5-18-17-11-16(13(17)4)15-8-6-14(7-9-15)10-12(2)3/h6-9,12-13,16-18H,5,10-11H2,1-4H3. The van der Waals surface area contributed by atoms with Gasteiger partial charge in [-0.25, -0.2) is 0 Å². The SMILES string of the molecule is CCNC1CC(c2ccc(CC(C)C)cc2)C1C. The third-order valence-electron chi connectivity index (χ3n) is 4.30. The summed E-state index contributed by atoms with van der Waals surface area (Å²) >= 11 is 0. The molecule has 0 spiro atoms. The number of hydrogen-bond acceptors (Lipinski definition) is 1. The average molecular weight is 245 g/mol. The molecule has 0 saturated heterocycles. The van der Waals surface area contributed by atoms with Gasteiger partial charge in [-0.3, -0.25) is 0 Å². The van der Waals surface area contributed by atoms with Crippen LogP contribution in [0.3, 0.4) is 0 Å². The van der Waals surface area contributed by atoms with Crippen LogP contribution in [0.2, 0.25) is 0 Å². The maximum atomic E-state index is 3.57. The Kier molecular flexibility index (Phi) is 4.45. The lowest BCUT2D eigenvalue weighted by atomic mass is 9.67. The van der Waals surface area contributed by atoms with Gasteiger partial charge in [0.2, 0.25) is 0 Å². The molecule has 1 fully saturated rings. The van der Waals surface area contributed by atoms with Crippen LogP contribution in [0.15, 0.2) is 24.3 Å². The molecule has 0 radical (unpaired) electrons. The fourth-order valence-electron chi connectivity index (χ4n) is 3.13. The summed E-state index contributed by atoms with van der Waals surface area (Å²) in [4.78, 5) is 0. The minimum absolute atomic E-state index is 0.732. The van der Waals surface area contributed by atoms with Crippen LogP contribution < -0.4 is 5.32 Å². The van der Waals surface area contributed by atoms with Gasteiger partial charge in [-0.1, -0.05) is 52.0 Å². The molecule has 1 aliphatic carbocycles. The number of nitrogens with one attached hydrogen (secondary N) is 1. The van der Waals surface area contributed by atoms with Crippen molar-refractivity contribution in [2.45, 2.75) is 52.5 Å². The Bertz CT molecular complexity index is 366. The van der Waals surface area contributed by atoms with Crippen molar-refractivity contribution in [3.05, 3.63) is 35.4 Å². The summed E-state index contributed by atoms with van der Waals surface area (Å²) in [6.45, 7) is 10.2. The van der Waals surface area contributed by atoms with E-state index in [1.54, 1.807) is 0 Å². The van der Waals surface area contributed by atoms with Crippen LogP contribution in [-0.2, 0) is 6.42 Å². The van der Waals surface area contributed by atoms with Gasteiger partial charge < -0.3 is 5.32 Å². The summed E-state index contributed by atoms with van der Waals surface area (Å²) in [6, 6.07) is 10.1. The molecule has 1 aliphatic rings. The van der Waals surface area contributed by atoms with Gasteiger partial charge in [-0.2, -0.15) is 0 Å². The Morgan fingerprint density at radius 2 is 1.89 bits per heavy atom. The highest BCUT2D eigenvalue weighted by atomic mass is 14.9. The third kappa shape index (κ3) is 2.95. The van der Waals surface area contributed by atoms with E-state index >= 15 is 0 Å². The minimum atomic E-state index is 0.732. The van der Waals surface area contributed by atoms with Gasteiger partial charge in [0.1, 0.15) is 0 Å². The van der Waals surface area contributed by atoms with Crippen LogP contribution >= 0.6 is 0 Å². The topological polar surface area (TPSA) is 12.0 Å². The normalized spacial score (nSPS) is 27.3. The number of rotatable bonds is 5. The molecular weight excluding hydrogens is 218 g/mol. The maximum Gasteiger partial charge on any atom is 0.0104 e. The van der Waals surface area contributed by atoms with E-state index in [1.807, 2.05) is 0 Å². The molecule has 1 heteroatoms. The first kappa shape index (κ1) is 13.6. The molecule has 1 nitrogen and oxygen atoms in total. The van der Waals surface area contributed by atoms with Crippen molar-refractivity contribution in [2.24, 2.45) is 11.8 Å². The van der Waals surface area contributed by atoms with Crippen molar-refractivity contribution < 1.29 is 0 Å². The maximum absolute atomic E-state index is 3.57. The third-order valence-corrected chi connectivity index (χ3v) is 4.30. The van der Waals surface area contributed by atoms with Crippen molar-refractivity contribution in [3.8, 4) is 0 Å². The minimum Gasteiger partial charge on any atom is -0.314 e. The monoisotopic (exact) mass is 245 g/mol. The van der Waals surface area contributed by atoms with Crippen LogP contribution in [0.1, 0.15) is 51.2 Å². The highest BCUT2D eigenvalue weighted by molar-refractivity contribution is 5.28. The van der Waals surface area contributed by atoms with Crippen molar-refractivity contribution in [3.63, 3.8) is 0 Å². The predicted molar refractivity (Wildman–Crippen MR) is 79.0 cm³/mol. The van der Waals surface area contributed by atoms with Gasteiger partial charge in [-0.05, 0) is 48.3 Å². The van der Waals surface area contributed by atoms with Gasteiger partial charge in [0.15, 0.2) is 0 Å². The fraction of sp³-hybridized carbons (Fsp3) is 0.647. The predicted octanol–water partition coefficient (Wildman–Crippen LogP) is 3.99. The van der Waals surface area contributed by atoms with E-state index in [4.69, 9.17) is 0 Å². The second-order valence-corrected chi connectivity index (χ2v) is 6.21. The van der Waals surface area contributed by atoms with Crippen LogP contribution in [-0.4, -0.2) is 12.6 Å². The number of hydrogen-bond donors (Lipinski definition) is 1. The molecule has 18 heavy (non-hydrogen) atoms. The zero-order chi connectivity index (χ0) is 13.1. The molecule has 3 unspecified atom stereocenters. The van der Waals surface area contributed by atoms with Gasteiger partial charge >= 0.3 is 0 Å². The molecule has 0 aliphatic heterocycles. The van der Waals surface area contributed by atoms with Crippen LogP contribution in [0, 0.1) is 11.8 Å². The van der Waals surface area contributed by atoms with Gasteiger partial charge in [-0.15, -0.1) is 0 Å². The lowest BCUT2D eigenvalue weighted by Crippen LogP contribution is -2.47. The highest BCUT2D eigenvalue weighted by Gasteiger charge is 2.37. The largest absolute Gasteiger partial charge is 0.314 e. The zero-order valence-corrected chi connectivity index (χ0v) is 12.2. The van der Waals surface area contributed by atoms with Crippen LogP contribution in [0.4, 0.5) is 0 Å². The molecule has 1 aromatic carbocycles. The highest BCUT2D eigenvalue weighted by Crippen LogP contribution is 2.42. The summed E-state index contributed by atoms with van der Waals surface area (Å²) in [5.74, 6) is 2.29. The van der Waals surface area contributed by atoms with E-state index in [1.165, 1.54) is 24.0 Å². The van der Waals surface area contributed by atoms with E-state index in [0.29, 0.717) is 0 Å². The fourth-order valence-corrected chi connectivity index (χ4v) is 3.13. The molecule has 1 saturated carbocycles. The number of benzene rings is 1. The lowest BCUT2D eigenvalue weighted by Gasteiger charge is -2.43. The van der Waals surface area contributed by atoms with Gasteiger partial charge in [0, 0.05) is 6.04 Å². The Morgan fingerprint density at radius 1 is 1.22 bits per heavy atom. The van der Waals surface area contributed by atoms with E-state index < -0.39 is 0 Å². The Hall–Kier alpha value is -0.820. The molecule has 0 bridgehead atoms. The quantitative estimate of drug-likeness (QED) is 0.827. The smallest absolute Gasteiger partial charge is 0.0104 e. The first-order chi connectivity index (χ1) is 8.61. The van der Waals surface area contributed by atoms with E-state index in [0.717, 1.165) is 30.3 Å². The molecule has 0 amide bonds. The molecule has 2 rings (SSSR count). The second-order valence-electron chi connectivity index (χ2n) is 6.21. The van der Waals surface area contributed by atoms with Crippen molar-refractivity contribution in [1.82, 2.24) is 5.32 Å². The summed E-state index contributed by atoms with van der Waals surface area (Å²) < 4.78 is 0. The van der Waals surface area contributed by atoms with E-state index in [-0.39, 0.29) is 0 Å². The van der Waals surface area contributed by atoms with E-state index in [9.17, 15) is 0 Å². The second kappa shape index (κ2) is 5.88. The van der Waals surface area contributed by atoms with Crippen molar-refractivity contribution in [2.75, 3.05) is 6.54 Å². The molecule has 100 valence electrons. The van der Waals surface area contributed by atoms with E-state index in [2.05, 4.69) is 57.3 Å². The molecular formula is C17H27N. The summed E-state index contributed by atoms with van der Waals surface area (Å²) in [5, 5.41) is 3.57. The zero-order valence-electron chi connectivity index (χ0n) is 12.2. The lowest BCUT2D eigenvalue weighted by molar-refractivity contribution is 0.187. The van der Waals surface area contributed by atoms with Gasteiger partial charge in [0.25, 0.3) is 0 Å². The molecule has 0 aromatic heterocycles. The first-order valence-corrected chi connectivity index (χ1v) is 7.44. The van der Waals surface area contributed by atoms with Gasteiger partial charge in [0.05, 0.1) is 0 Å². The van der Waals surface area contributed by atoms with Crippen LogP contribution in [0.25, 0.3) is 0 Å². The summed E-state index contributed by atoms with van der Waals surface area (Å²) in [7, 11) is 0. The van der Waals surface area contributed by atoms with Crippen molar-refractivity contribution in [1.29, 1.82) is 0 Å². The Morgan fingerprint density at radius 3 is 2.39 bits per heavy atom. The Labute approximate surface area is 112 Å². The Balaban J connectivity index is 1.95. The molecule has 1 N–H and O–H groups in total. The summed E-state index contributed by atoms with van der Waals surface area (Å²) in [6.07, 6.45) is 2.50. The molecule has 0 heterocycles. The molecule has 3 atom stereocenters.